The van der Waals surface area contributed by atoms with Crippen LogP contribution in [0.1, 0.15) is 235 Å². The molecule has 0 heterocycles. The minimum Gasteiger partial charge on any atom is -0.198 e. The van der Waals surface area contributed by atoms with Crippen LogP contribution in [0.3, 0.4) is 0 Å². The molecule has 0 aliphatic carbocycles. The Morgan fingerprint density at radius 1 is 0.467 bits per heavy atom. The van der Waals surface area contributed by atoms with Gasteiger partial charge in [-0.1, -0.05) is 173 Å². The average Bonchev–Trinajstić information content (AvgIpc) is 3.05. The largest absolute Gasteiger partial charge is 0.198 e. The molecule has 0 saturated carbocycles. The second kappa shape index (κ2) is 30.8. The van der Waals surface area contributed by atoms with E-state index in [0.29, 0.717) is 11.8 Å². The van der Waals surface area contributed by atoms with E-state index in [-0.39, 0.29) is 0 Å². The van der Waals surface area contributed by atoms with Crippen molar-refractivity contribution in [3.8, 4) is 12.1 Å². The van der Waals surface area contributed by atoms with Crippen molar-refractivity contribution in [2.75, 3.05) is 0 Å². The van der Waals surface area contributed by atoms with Crippen molar-refractivity contribution in [1.29, 1.82) is 10.5 Å². The van der Waals surface area contributed by atoms with Gasteiger partial charge in [0.25, 0.3) is 0 Å². The minimum atomic E-state index is 0.709. The molecule has 2 nitrogen and oxygen atoms in total. The molecular weight excluding hydrogens is 544 g/mol. The second-order valence-corrected chi connectivity index (χ2v) is 14.3. The summed E-state index contributed by atoms with van der Waals surface area (Å²) in [4.78, 5) is 0. The maximum absolute atomic E-state index is 8.78. The highest BCUT2D eigenvalue weighted by molar-refractivity contribution is 5.35. The van der Waals surface area contributed by atoms with Gasteiger partial charge in [-0.25, -0.2) is 0 Å². The van der Waals surface area contributed by atoms with E-state index in [0.717, 1.165) is 25.7 Å². The molecule has 2 heteroatoms. The van der Waals surface area contributed by atoms with E-state index in [1.807, 2.05) is 0 Å². The number of unbranched alkanes of at least 4 members (excludes halogenated alkanes) is 22. The van der Waals surface area contributed by atoms with Gasteiger partial charge in [-0.3, -0.25) is 0 Å². The average molecular weight is 619 g/mol. The molecule has 1 rings (SSSR count). The highest BCUT2D eigenvalue weighted by Crippen LogP contribution is 2.35. The van der Waals surface area contributed by atoms with Gasteiger partial charge >= 0.3 is 0 Å². The maximum atomic E-state index is 8.78. The third-order valence-electron chi connectivity index (χ3n) is 10.2. The number of rotatable bonds is 32. The smallest absolute Gasteiger partial charge is 0.0621 e. The van der Waals surface area contributed by atoms with Crippen LogP contribution in [0.4, 0.5) is 0 Å². The van der Waals surface area contributed by atoms with Crippen molar-refractivity contribution in [3.05, 3.63) is 34.9 Å². The van der Waals surface area contributed by atoms with Crippen LogP contribution in [0.2, 0.25) is 0 Å². The number of aryl methyl sites for hydroxylation is 1. The van der Waals surface area contributed by atoms with E-state index < -0.39 is 0 Å². The van der Waals surface area contributed by atoms with Crippen LogP contribution < -0.4 is 0 Å². The monoisotopic (exact) mass is 619 g/mol. The summed E-state index contributed by atoms with van der Waals surface area (Å²) in [5, 5.41) is 17.6. The van der Waals surface area contributed by atoms with E-state index in [1.54, 1.807) is 16.7 Å². The molecule has 0 aliphatic heterocycles. The Hall–Kier alpha value is -1.80. The van der Waals surface area contributed by atoms with Crippen LogP contribution in [-0.2, 0) is 0 Å². The van der Waals surface area contributed by atoms with Crippen LogP contribution >= 0.6 is 0 Å². The predicted molar refractivity (Wildman–Crippen MR) is 198 cm³/mol. The standard InChI is InChI=1S/C43H74N2/c1-4-6-8-10-18-24-30-40(31-25-20-14-12-16-22-28-36-44)42-34-35-43(39(3)38-42)41(32-26-19-11-9-7-5-2)33-27-21-15-13-17-23-29-37-45/h34-35,38,40-41H,4-33H2,1-3H3. The summed E-state index contributed by atoms with van der Waals surface area (Å²) < 4.78 is 0. The Balaban J connectivity index is 2.81. The number of benzene rings is 1. The molecule has 0 N–H and O–H groups in total. The lowest BCUT2D eigenvalue weighted by Crippen LogP contribution is -2.05. The van der Waals surface area contributed by atoms with Crippen LogP contribution in [0.25, 0.3) is 0 Å². The quantitative estimate of drug-likeness (QED) is 0.0754. The van der Waals surface area contributed by atoms with Crippen molar-refractivity contribution in [2.24, 2.45) is 0 Å². The van der Waals surface area contributed by atoms with Gasteiger partial charge in [0, 0.05) is 12.8 Å². The van der Waals surface area contributed by atoms with Gasteiger partial charge in [-0.15, -0.1) is 0 Å². The third-order valence-corrected chi connectivity index (χ3v) is 10.2. The molecule has 0 spiro atoms. The van der Waals surface area contributed by atoms with Gasteiger partial charge in [-0.2, -0.15) is 10.5 Å². The van der Waals surface area contributed by atoms with Crippen molar-refractivity contribution < 1.29 is 0 Å². The summed E-state index contributed by atoms with van der Waals surface area (Å²) in [7, 11) is 0. The Kier molecular flexibility index (Phi) is 28.2. The lowest BCUT2D eigenvalue weighted by atomic mass is 9.82. The van der Waals surface area contributed by atoms with E-state index in [9.17, 15) is 0 Å². The molecule has 0 saturated heterocycles. The summed E-state index contributed by atoms with van der Waals surface area (Å²) in [5.74, 6) is 1.42. The van der Waals surface area contributed by atoms with Crippen molar-refractivity contribution in [3.63, 3.8) is 0 Å². The lowest BCUT2D eigenvalue weighted by molar-refractivity contribution is 0.480. The molecule has 45 heavy (non-hydrogen) atoms. The molecule has 1 aromatic carbocycles. The summed E-state index contributed by atoms with van der Waals surface area (Å²) in [6, 6.07) is 12.3. The number of nitrogens with zero attached hydrogens (tertiary/aromatic N) is 2. The Bertz CT molecular complexity index is 875. The van der Waals surface area contributed by atoms with Gasteiger partial charge in [0.05, 0.1) is 12.1 Å². The fraction of sp³-hybridized carbons (Fsp3) is 0.814. The molecule has 0 amide bonds. The van der Waals surface area contributed by atoms with Gasteiger partial charge in [0.1, 0.15) is 0 Å². The fourth-order valence-corrected chi connectivity index (χ4v) is 7.29. The van der Waals surface area contributed by atoms with Crippen molar-refractivity contribution >= 4 is 0 Å². The number of hydrogen-bond acceptors (Lipinski definition) is 2. The Morgan fingerprint density at radius 2 is 0.822 bits per heavy atom. The van der Waals surface area contributed by atoms with Gasteiger partial charge in [0.2, 0.25) is 0 Å². The van der Waals surface area contributed by atoms with Gasteiger partial charge < -0.3 is 0 Å². The Labute approximate surface area is 282 Å². The molecule has 0 aromatic heterocycles. The first kappa shape index (κ1) is 41.2. The topological polar surface area (TPSA) is 47.6 Å². The summed E-state index contributed by atoms with van der Waals surface area (Å²) in [6.45, 7) is 7.03. The zero-order valence-electron chi connectivity index (χ0n) is 30.5. The van der Waals surface area contributed by atoms with E-state index in [1.165, 1.54) is 167 Å². The highest BCUT2D eigenvalue weighted by Gasteiger charge is 2.17. The lowest BCUT2D eigenvalue weighted by Gasteiger charge is -2.23. The molecule has 0 fully saturated rings. The SMILES string of the molecule is CCCCCCCCC(CCCCCCCCC#N)c1ccc(C(CCCCCCCC)CCCCCCCCC#N)c(C)c1. The number of nitriles is 2. The Morgan fingerprint density at radius 3 is 1.20 bits per heavy atom. The molecule has 0 aliphatic rings. The van der Waals surface area contributed by atoms with Crippen molar-refractivity contribution in [2.45, 2.75) is 225 Å². The van der Waals surface area contributed by atoms with E-state index in [2.05, 4.69) is 51.1 Å². The zero-order chi connectivity index (χ0) is 32.6. The molecular formula is C43H74N2. The minimum absolute atomic E-state index is 0.709. The molecule has 0 radical (unpaired) electrons. The van der Waals surface area contributed by atoms with Gasteiger partial charge in [0.15, 0.2) is 0 Å². The molecule has 2 atom stereocenters. The molecule has 0 bridgehead atoms. The maximum Gasteiger partial charge on any atom is 0.0621 e. The predicted octanol–water partition coefficient (Wildman–Crippen LogP) is 15.0. The van der Waals surface area contributed by atoms with Crippen LogP contribution in [0.15, 0.2) is 18.2 Å². The van der Waals surface area contributed by atoms with E-state index in [4.69, 9.17) is 10.5 Å². The van der Waals surface area contributed by atoms with Crippen LogP contribution in [0.5, 0.6) is 0 Å². The normalized spacial score (nSPS) is 12.6. The fourth-order valence-electron chi connectivity index (χ4n) is 7.29. The van der Waals surface area contributed by atoms with Crippen molar-refractivity contribution in [1.82, 2.24) is 0 Å². The first-order chi connectivity index (χ1) is 22.2. The van der Waals surface area contributed by atoms with Gasteiger partial charge in [-0.05, 0) is 74.0 Å². The third kappa shape index (κ3) is 22.4. The summed E-state index contributed by atoms with van der Waals surface area (Å²) in [6.07, 6.45) is 38.6. The summed E-state index contributed by atoms with van der Waals surface area (Å²) >= 11 is 0. The number of hydrogen-bond donors (Lipinski definition) is 0. The molecule has 1 aromatic rings. The first-order valence-electron chi connectivity index (χ1n) is 20.0. The highest BCUT2D eigenvalue weighted by atomic mass is 14.2. The zero-order valence-corrected chi connectivity index (χ0v) is 30.5. The molecule has 256 valence electrons. The summed E-state index contributed by atoms with van der Waals surface area (Å²) in [5.41, 5.74) is 4.79. The van der Waals surface area contributed by atoms with Crippen LogP contribution in [0, 0.1) is 29.6 Å². The second-order valence-electron chi connectivity index (χ2n) is 14.3. The van der Waals surface area contributed by atoms with Crippen LogP contribution in [-0.4, -0.2) is 0 Å². The van der Waals surface area contributed by atoms with E-state index >= 15 is 0 Å². The first-order valence-corrected chi connectivity index (χ1v) is 20.0. The molecule has 2 unspecified atom stereocenters.